The fourth-order valence-electron chi connectivity index (χ4n) is 2.65. The fraction of sp³-hybridized carbons (Fsp3) is 0.923. The summed E-state index contributed by atoms with van der Waals surface area (Å²) in [5, 5.41) is 0. The summed E-state index contributed by atoms with van der Waals surface area (Å²) in [6.07, 6.45) is 6.21. The van der Waals surface area contributed by atoms with Crippen molar-refractivity contribution in [2.24, 2.45) is 5.92 Å². The second kappa shape index (κ2) is 5.67. The molecule has 2 aliphatic heterocycles. The Labute approximate surface area is 98.8 Å². The Morgan fingerprint density at radius 3 is 2.31 bits per heavy atom. The number of carbonyl (C=O) groups excluding carboxylic acids is 1. The van der Waals surface area contributed by atoms with Crippen LogP contribution in [0.1, 0.15) is 39.0 Å². The molecule has 0 saturated carbocycles. The maximum Gasteiger partial charge on any atom is 0.236 e. The van der Waals surface area contributed by atoms with Crippen molar-refractivity contribution in [3.8, 4) is 0 Å². The predicted octanol–water partition coefficient (Wildman–Crippen LogP) is 1.73. The van der Waals surface area contributed by atoms with Crippen molar-refractivity contribution >= 4 is 5.91 Å². The highest BCUT2D eigenvalue weighted by Gasteiger charge is 2.21. The largest absolute Gasteiger partial charge is 0.342 e. The first-order valence-corrected chi connectivity index (χ1v) is 6.76. The van der Waals surface area contributed by atoms with Crippen LogP contribution in [0, 0.1) is 5.92 Å². The van der Waals surface area contributed by atoms with Crippen LogP contribution >= 0.6 is 0 Å². The van der Waals surface area contributed by atoms with Crippen molar-refractivity contribution in [1.82, 2.24) is 9.80 Å². The minimum atomic E-state index is 0.356. The lowest BCUT2D eigenvalue weighted by molar-refractivity contribution is -0.133. The van der Waals surface area contributed by atoms with Gasteiger partial charge in [0.2, 0.25) is 5.91 Å². The van der Waals surface area contributed by atoms with Gasteiger partial charge in [-0.3, -0.25) is 9.69 Å². The van der Waals surface area contributed by atoms with E-state index in [0.717, 1.165) is 32.1 Å². The van der Waals surface area contributed by atoms with Gasteiger partial charge in [-0.05, 0) is 51.1 Å². The zero-order chi connectivity index (χ0) is 11.4. The van der Waals surface area contributed by atoms with Crippen molar-refractivity contribution in [3.05, 3.63) is 0 Å². The fourth-order valence-corrected chi connectivity index (χ4v) is 2.65. The van der Waals surface area contributed by atoms with Gasteiger partial charge >= 0.3 is 0 Å². The molecule has 1 amide bonds. The molecule has 2 heterocycles. The Bertz CT molecular complexity index is 228. The lowest BCUT2D eigenvalue weighted by Gasteiger charge is -2.33. The molecule has 0 N–H and O–H groups in total. The number of rotatable bonds is 2. The Hall–Kier alpha value is -0.570. The lowest BCUT2D eigenvalue weighted by atomic mass is 9.99. The van der Waals surface area contributed by atoms with E-state index in [2.05, 4.69) is 16.7 Å². The number of likely N-dealkylation sites (tertiary alicyclic amines) is 2. The first kappa shape index (κ1) is 11.9. The van der Waals surface area contributed by atoms with Crippen LogP contribution in [0.4, 0.5) is 0 Å². The van der Waals surface area contributed by atoms with E-state index in [9.17, 15) is 4.79 Å². The van der Waals surface area contributed by atoms with Crippen molar-refractivity contribution in [2.45, 2.75) is 39.0 Å². The van der Waals surface area contributed by atoms with Crippen LogP contribution in [-0.2, 0) is 4.79 Å². The lowest BCUT2D eigenvalue weighted by Crippen LogP contribution is -2.44. The Morgan fingerprint density at radius 1 is 1.06 bits per heavy atom. The van der Waals surface area contributed by atoms with Crippen molar-refractivity contribution in [2.75, 3.05) is 32.7 Å². The molecule has 0 aromatic heterocycles. The highest BCUT2D eigenvalue weighted by Crippen LogP contribution is 2.16. The molecular weight excluding hydrogens is 200 g/mol. The van der Waals surface area contributed by atoms with Gasteiger partial charge < -0.3 is 4.90 Å². The van der Waals surface area contributed by atoms with Gasteiger partial charge in [0.05, 0.1) is 6.54 Å². The van der Waals surface area contributed by atoms with Gasteiger partial charge in [0.1, 0.15) is 0 Å². The molecule has 0 radical (unpaired) electrons. The molecule has 0 atom stereocenters. The maximum atomic E-state index is 12.0. The molecule has 3 heteroatoms. The number of amides is 1. The highest BCUT2D eigenvalue weighted by atomic mass is 16.2. The van der Waals surface area contributed by atoms with Gasteiger partial charge in [-0.1, -0.05) is 6.92 Å². The number of hydrogen-bond acceptors (Lipinski definition) is 2. The van der Waals surface area contributed by atoms with E-state index in [1.54, 1.807) is 0 Å². The monoisotopic (exact) mass is 224 g/mol. The molecule has 0 aromatic carbocycles. The van der Waals surface area contributed by atoms with Crippen molar-refractivity contribution in [3.63, 3.8) is 0 Å². The van der Waals surface area contributed by atoms with Gasteiger partial charge in [-0.15, -0.1) is 0 Å². The minimum absolute atomic E-state index is 0.356. The van der Waals surface area contributed by atoms with E-state index in [1.807, 2.05) is 0 Å². The standard InChI is InChI=1S/C13H24N2O/c1-12-5-9-14(10-6-12)11-13(16)15-7-3-2-4-8-15/h12H,2-11H2,1H3. The quantitative estimate of drug-likeness (QED) is 0.713. The SMILES string of the molecule is CC1CCN(CC(=O)N2CCCCC2)CC1. The van der Waals surface area contributed by atoms with E-state index in [-0.39, 0.29) is 0 Å². The van der Waals surface area contributed by atoms with E-state index in [4.69, 9.17) is 0 Å². The molecule has 2 saturated heterocycles. The molecular formula is C13H24N2O. The third-order valence-electron chi connectivity index (χ3n) is 3.94. The molecule has 0 unspecified atom stereocenters. The summed E-state index contributed by atoms with van der Waals surface area (Å²) in [5.41, 5.74) is 0. The molecule has 2 fully saturated rings. The topological polar surface area (TPSA) is 23.6 Å². The van der Waals surface area contributed by atoms with Crippen molar-refractivity contribution in [1.29, 1.82) is 0 Å². The summed E-state index contributed by atoms with van der Waals surface area (Å²) in [6.45, 7) is 7.17. The Kier molecular flexibility index (Phi) is 4.22. The number of nitrogens with zero attached hydrogens (tertiary/aromatic N) is 2. The zero-order valence-corrected chi connectivity index (χ0v) is 10.5. The summed E-state index contributed by atoms with van der Waals surface area (Å²) in [6, 6.07) is 0. The van der Waals surface area contributed by atoms with Crippen LogP contribution in [0.25, 0.3) is 0 Å². The zero-order valence-electron chi connectivity index (χ0n) is 10.5. The number of piperidine rings is 2. The third kappa shape index (κ3) is 3.21. The summed E-state index contributed by atoms with van der Waals surface area (Å²) >= 11 is 0. The van der Waals surface area contributed by atoms with E-state index in [1.165, 1.54) is 32.1 Å². The molecule has 0 aromatic rings. The van der Waals surface area contributed by atoms with Crippen LogP contribution in [0.3, 0.4) is 0 Å². The number of carbonyl (C=O) groups is 1. The molecule has 3 nitrogen and oxygen atoms in total. The molecule has 0 aliphatic carbocycles. The molecule has 16 heavy (non-hydrogen) atoms. The summed E-state index contributed by atoms with van der Waals surface area (Å²) in [4.78, 5) is 16.4. The van der Waals surface area contributed by atoms with Gasteiger partial charge in [0.25, 0.3) is 0 Å². The maximum absolute atomic E-state index is 12.0. The Morgan fingerprint density at radius 2 is 1.69 bits per heavy atom. The summed E-state index contributed by atoms with van der Waals surface area (Å²) in [7, 11) is 0. The molecule has 2 rings (SSSR count). The average molecular weight is 224 g/mol. The molecule has 0 bridgehead atoms. The minimum Gasteiger partial charge on any atom is -0.342 e. The number of hydrogen-bond donors (Lipinski definition) is 0. The van der Waals surface area contributed by atoms with Crippen molar-refractivity contribution < 1.29 is 4.79 Å². The van der Waals surface area contributed by atoms with E-state index >= 15 is 0 Å². The van der Waals surface area contributed by atoms with Gasteiger partial charge in [0, 0.05) is 13.1 Å². The van der Waals surface area contributed by atoms with E-state index < -0.39 is 0 Å². The predicted molar refractivity (Wildman–Crippen MR) is 65.3 cm³/mol. The summed E-state index contributed by atoms with van der Waals surface area (Å²) in [5.74, 6) is 1.20. The van der Waals surface area contributed by atoms with Gasteiger partial charge in [-0.2, -0.15) is 0 Å². The van der Waals surface area contributed by atoms with E-state index in [0.29, 0.717) is 12.5 Å². The second-order valence-corrected chi connectivity index (χ2v) is 5.40. The van der Waals surface area contributed by atoms with Crippen LogP contribution in [0.5, 0.6) is 0 Å². The molecule has 2 aliphatic rings. The van der Waals surface area contributed by atoms with Crippen LogP contribution in [0.2, 0.25) is 0 Å². The highest BCUT2D eigenvalue weighted by molar-refractivity contribution is 5.78. The van der Waals surface area contributed by atoms with Crippen LogP contribution < -0.4 is 0 Å². The normalized spacial score (nSPS) is 24.7. The molecule has 92 valence electrons. The Balaban J connectivity index is 1.73. The van der Waals surface area contributed by atoms with Crippen LogP contribution in [-0.4, -0.2) is 48.4 Å². The van der Waals surface area contributed by atoms with Gasteiger partial charge in [-0.25, -0.2) is 0 Å². The second-order valence-electron chi connectivity index (χ2n) is 5.40. The molecule has 0 spiro atoms. The smallest absolute Gasteiger partial charge is 0.236 e. The van der Waals surface area contributed by atoms with Crippen LogP contribution in [0.15, 0.2) is 0 Å². The average Bonchev–Trinajstić information content (AvgIpc) is 2.33. The van der Waals surface area contributed by atoms with Gasteiger partial charge in [0.15, 0.2) is 0 Å². The first-order valence-electron chi connectivity index (χ1n) is 6.76. The third-order valence-corrected chi connectivity index (χ3v) is 3.94. The summed E-state index contributed by atoms with van der Waals surface area (Å²) < 4.78 is 0. The first-order chi connectivity index (χ1) is 7.75.